The van der Waals surface area contributed by atoms with Crippen LogP contribution < -0.4 is 21.7 Å². The van der Waals surface area contributed by atoms with Crippen LogP contribution in [0.2, 0.25) is 0 Å². The van der Waals surface area contributed by atoms with Gasteiger partial charge in [0, 0.05) is 30.8 Å². The number of aromatic amines is 1. The molecule has 8 N–H and O–H groups in total. The van der Waals surface area contributed by atoms with Gasteiger partial charge in [-0.2, -0.15) is 0 Å². The Labute approximate surface area is 341 Å². The number of hydrogen-bond acceptors (Lipinski definition) is 11. The molecule has 8 atom stereocenters. The summed E-state index contributed by atoms with van der Waals surface area (Å²) >= 11 is 0. The molecule has 317 valence electrons. The highest BCUT2D eigenvalue weighted by Crippen LogP contribution is 2.28. The predicted molar refractivity (Wildman–Crippen MR) is 218 cm³/mol. The summed E-state index contributed by atoms with van der Waals surface area (Å²) in [6, 6.07) is 5.99. The van der Waals surface area contributed by atoms with Crippen molar-refractivity contribution in [3.63, 3.8) is 0 Å². The average Bonchev–Trinajstić information content (AvgIpc) is 3.68. The fourth-order valence-electron chi connectivity index (χ4n) is 6.59. The number of carbonyl (C=O) groups is 5. The van der Waals surface area contributed by atoms with Gasteiger partial charge in [-0.25, -0.2) is 9.78 Å². The number of carbonyl (C=O) groups excluding carboxylic acids is 5. The lowest BCUT2D eigenvalue weighted by Gasteiger charge is -2.35. The molecule has 0 spiro atoms. The van der Waals surface area contributed by atoms with Crippen LogP contribution in [-0.4, -0.2) is 96.6 Å². The number of alkyl carbamates (subject to hydrolysis) is 1. The quantitative estimate of drug-likeness (QED) is 0.0766. The molecule has 0 aliphatic rings. The normalized spacial score (nSPS) is 16.0. The number of H-pyrrole nitrogens is 1. The molecule has 3 amide bonds. The predicted octanol–water partition coefficient (Wildman–Crippen LogP) is 3.73. The molecule has 0 saturated carbocycles. The average molecular weight is 805 g/mol. The Morgan fingerprint density at radius 3 is 2.09 bits per heavy atom. The van der Waals surface area contributed by atoms with E-state index in [9.17, 15) is 34.2 Å². The molecule has 2 aromatic heterocycles. The van der Waals surface area contributed by atoms with Gasteiger partial charge in [-0.15, -0.1) is 0 Å². The Kier molecular flexibility index (Phi) is 17.7. The molecule has 0 unspecified atom stereocenters. The Balaban J connectivity index is 1.94. The van der Waals surface area contributed by atoms with Crippen molar-refractivity contribution in [2.75, 3.05) is 0 Å². The number of amides is 3. The molecule has 1 aromatic carbocycles. The van der Waals surface area contributed by atoms with Gasteiger partial charge in [0.1, 0.15) is 30.0 Å². The molecule has 1 radical (unpaired) electrons. The van der Waals surface area contributed by atoms with Crippen molar-refractivity contribution >= 4 is 29.5 Å². The minimum atomic E-state index is -1.71. The summed E-state index contributed by atoms with van der Waals surface area (Å²) in [5.74, 6) is -4.54. The van der Waals surface area contributed by atoms with E-state index < -0.39 is 83.3 Å². The van der Waals surface area contributed by atoms with Gasteiger partial charge in [0.15, 0.2) is 11.6 Å². The van der Waals surface area contributed by atoms with Crippen LogP contribution in [0.1, 0.15) is 107 Å². The van der Waals surface area contributed by atoms with E-state index in [-0.39, 0.29) is 42.2 Å². The SMILES string of the molecule is CC[C@H](C)[C@H](N)C(=O)c1[c]nccc1C(=O)[C@H](C(C)C)[C@@H](O)[C@H](O)[C@H](CC(C)C)NC(=O)[C@H](Cc1c[nH]cn1)NC(=O)[C@H](Cc1ccccc1)NC(=O)OC(C)(C)C. The maximum atomic E-state index is 14.2. The number of benzene rings is 1. The molecule has 58 heavy (non-hydrogen) atoms. The van der Waals surface area contributed by atoms with Crippen LogP contribution in [0.25, 0.3) is 0 Å². The van der Waals surface area contributed by atoms with E-state index in [1.54, 1.807) is 65.1 Å². The van der Waals surface area contributed by atoms with Crippen molar-refractivity contribution in [1.82, 2.24) is 30.9 Å². The van der Waals surface area contributed by atoms with Crippen LogP contribution in [0, 0.1) is 29.9 Å². The standard InChI is InChI=1S/C43H62N7O8/c1-10-26(6)35(44)37(52)30-22-45-17-16-29(30)36(51)34(25(4)5)39(54)38(53)31(18-24(2)3)48-41(56)33(20-28-21-46-23-47-28)49-40(55)32(19-27-14-12-11-13-15-27)50-42(57)58-43(7,8)9/h11-17,21,23-26,31-35,38-39,53-54H,10,18-20,44H2,1-9H3,(H,46,47)(H,48,56)(H,49,55)(H,50,57)/t26-,31-,32-,33-,34-,35-,38+,39+/m0/s1. The second-order valence-corrected chi connectivity index (χ2v) is 16.7. The number of rotatable bonds is 21. The lowest BCUT2D eigenvalue weighted by Crippen LogP contribution is -2.59. The minimum absolute atomic E-state index is 0.0278. The van der Waals surface area contributed by atoms with Gasteiger partial charge >= 0.3 is 6.09 Å². The number of ether oxygens (including phenoxy) is 1. The van der Waals surface area contributed by atoms with Crippen LogP contribution in [0.15, 0.2) is 55.1 Å². The number of nitrogens with one attached hydrogen (secondary N) is 4. The minimum Gasteiger partial charge on any atom is -0.444 e. The molecule has 0 aliphatic carbocycles. The lowest BCUT2D eigenvalue weighted by molar-refractivity contribution is -0.131. The first kappa shape index (κ1) is 47.4. The van der Waals surface area contributed by atoms with Gasteiger partial charge in [0.05, 0.1) is 41.7 Å². The smallest absolute Gasteiger partial charge is 0.408 e. The monoisotopic (exact) mass is 804 g/mol. The third-order valence-electron chi connectivity index (χ3n) is 9.93. The number of Topliss-reactive ketones (excluding diaryl/α,β-unsaturated/α-hetero) is 2. The van der Waals surface area contributed by atoms with E-state index in [4.69, 9.17) is 10.5 Å². The second kappa shape index (κ2) is 21.7. The van der Waals surface area contributed by atoms with E-state index >= 15 is 0 Å². The summed E-state index contributed by atoms with van der Waals surface area (Å²) in [7, 11) is 0. The van der Waals surface area contributed by atoms with Crippen molar-refractivity contribution in [2.24, 2.45) is 29.4 Å². The maximum absolute atomic E-state index is 14.2. The second-order valence-electron chi connectivity index (χ2n) is 16.7. The number of pyridine rings is 1. The van der Waals surface area contributed by atoms with E-state index in [1.165, 1.54) is 18.6 Å². The van der Waals surface area contributed by atoms with Crippen LogP contribution in [-0.2, 0) is 27.2 Å². The first-order valence-electron chi connectivity index (χ1n) is 19.9. The van der Waals surface area contributed by atoms with Crippen molar-refractivity contribution < 1.29 is 38.9 Å². The number of aliphatic hydroxyl groups is 2. The summed E-state index contributed by atoms with van der Waals surface area (Å²) in [5.41, 5.74) is 6.47. The molecule has 0 fully saturated rings. The molecule has 0 aliphatic heterocycles. The van der Waals surface area contributed by atoms with Crippen molar-refractivity contribution in [1.29, 1.82) is 0 Å². The van der Waals surface area contributed by atoms with Gasteiger partial charge in [-0.3, -0.25) is 24.2 Å². The van der Waals surface area contributed by atoms with Gasteiger partial charge in [0.2, 0.25) is 11.8 Å². The number of imidazole rings is 1. The summed E-state index contributed by atoms with van der Waals surface area (Å²) in [5, 5.41) is 31.9. The molecule has 2 heterocycles. The summed E-state index contributed by atoms with van der Waals surface area (Å²) in [4.78, 5) is 79.8. The molecule has 3 aromatic rings. The number of hydrogen-bond donors (Lipinski definition) is 7. The maximum Gasteiger partial charge on any atom is 0.408 e. The molecular weight excluding hydrogens is 743 g/mol. The number of aliphatic hydroxyl groups excluding tert-OH is 2. The van der Waals surface area contributed by atoms with E-state index in [2.05, 4.69) is 37.1 Å². The molecule has 15 nitrogen and oxygen atoms in total. The van der Waals surface area contributed by atoms with Gasteiger partial charge in [-0.05, 0) is 56.6 Å². The molecular formula is C43H62N7O8. The zero-order valence-electron chi connectivity index (χ0n) is 35.1. The fourth-order valence-corrected chi connectivity index (χ4v) is 6.59. The Bertz CT molecular complexity index is 1800. The number of aromatic nitrogens is 3. The Morgan fingerprint density at radius 1 is 0.879 bits per heavy atom. The summed E-state index contributed by atoms with van der Waals surface area (Å²) in [6.45, 7) is 16.0. The van der Waals surface area contributed by atoms with Crippen LogP contribution in [0.4, 0.5) is 4.79 Å². The molecule has 0 saturated heterocycles. The molecule has 3 rings (SSSR count). The van der Waals surface area contributed by atoms with Crippen molar-refractivity contribution in [3.05, 3.63) is 83.7 Å². The Morgan fingerprint density at radius 2 is 1.52 bits per heavy atom. The summed E-state index contributed by atoms with van der Waals surface area (Å²) in [6.07, 6.45) is 3.57. The number of nitrogens with zero attached hydrogens (tertiary/aromatic N) is 2. The first-order chi connectivity index (χ1) is 27.2. The van der Waals surface area contributed by atoms with Gasteiger partial charge in [-0.1, -0.05) is 78.3 Å². The van der Waals surface area contributed by atoms with Crippen LogP contribution >= 0.6 is 0 Å². The topological polar surface area (TPSA) is 239 Å². The van der Waals surface area contributed by atoms with Crippen molar-refractivity contribution in [2.45, 2.75) is 130 Å². The summed E-state index contributed by atoms with van der Waals surface area (Å²) < 4.78 is 5.43. The highest BCUT2D eigenvalue weighted by atomic mass is 16.6. The molecule has 15 heteroatoms. The van der Waals surface area contributed by atoms with Gasteiger partial charge in [0.25, 0.3) is 0 Å². The third kappa shape index (κ3) is 13.8. The largest absolute Gasteiger partial charge is 0.444 e. The van der Waals surface area contributed by atoms with Gasteiger partial charge < -0.3 is 41.6 Å². The highest BCUT2D eigenvalue weighted by molar-refractivity contribution is 6.11. The highest BCUT2D eigenvalue weighted by Gasteiger charge is 2.41. The Hall–Kier alpha value is -4.99. The van der Waals surface area contributed by atoms with Crippen LogP contribution in [0.3, 0.4) is 0 Å². The zero-order valence-corrected chi connectivity index (χ0v) is 35.1. The fraction of sp³-hybridized carbons (Fsp3) is 0.558. The van der Waals surface area contributed by atoms with E-state index in [0.29, 0.717) is 12.1 Å². The van der Waals surface area contributed by atoms with E-state index in [0.717, 1.165) is 5.56 Å². The lowest BCUT2D eigenvalue weighted by atomic mass is 9.78. The zero-order chi connectivity index (χ0) is 43.3. The first-order valence-corrected chi connectivity index (χ1v) is 19.9. The van der Waals surface area contributed by atoms with Crippen LogP contribution in [0.5, 0.6) is 0 Å². The van der Waals surface area contributed by atoms with E-state index in [1.807, 2.05) is 33.8 Å². The van der Waals surface area contributed by atoms with Crippen molar-refractivity contribution in [3.8, 4) is 0 Å². The number of nitrogens with two attached hydrogens (primary N) is 1. The number of ketones is 2. The third-order valence-corrected chi connectivity index (χ3v) is 9.93. The molecule has 0 bridgehead atoms.